The highest BCUT2D eigenvalue weighted by atomic mass is 16.5. The largest absolute Gasteiger partial charge is 0.384 e. The van der Waals surface area contributed by atoms with E-state index in [9.17, 15) is 4.79 Å². The predicted octanol–water partition coefficient (Wildman–Crippen LogP) is 0.623. The molecule has 4 heteroatoms. The molecule has 1 saturated carbocycles. The highest BCUT2D eigenvalue weighted by molar-refractivity contribution is 5.84. The molecule has 1 aliphatic carbocycles. The molecule has 0 bridgehead atoms. The first-order valence-electron chi connectivity index (χ1n) is 6.20. The minimum absolute atomic E-state index is 0.194. The summed E-state index contributed by atoms with van der Waals surface area (Å²) < 4.78 is 5.23. The molecule has 1 atom stereocenters. The molecule has 0 aromatic carbocycles. The molecule has 0 unspecified atom stereocenters. The maximum atomic E-state index is 12.5. The van der Waals surface area contributed by atoms with Gasteiger partial charge in [-0.2, -0.15) is 0 Å². The van der Waals surface area contributed by atoms with Crippen LogP contribution in [0.1, 0.15) is 26.2 Å². The van der Waals surface area contributed by atoms with Crippen LogP contribution in [-0.4, -0.2) is 50.2 Å². The molecule has 2 aliphatic rings. The van der Waals surface area contributed by atoms with Gasteiger partial charge in [-0.3, -0.25) is 4.79 Å². The third-order valence-electron chi connectivity index (χ3n) is 3.95. The maximum absolute atomic E-state index is 12.5. The standard InChI is InChI=1S/C12H22N2O2/c1-10-8-13-6-7-14(10)11(15)12(9-16-2)4-3-5-12/h10,13H,3-9H2,1-2H3/t10-/m0/s1. The molecule has 0 aromatic rings. The molecule has 2 rings (SSSR count). The van der Waals surface area contributed by atoms with Gasteiger partial charge in [0.05, 0.1) is 12.0 Å². The van der Waals surface area contributed by atoms with Crippen LogP contribution in [0.4, 0.5) is 0 Å². The van der Waals surface area contributed by atoms with E-state index in [4.69, 9.17) is 4.74 Å². The smallest absolute Gasteiger partial charge is 0.231 e. The number of methoxy groups -OCH3 is 1. The average molecular weight is 226 g/mol. The van der Waals surface area contributed by atoms with E-state index in [2.05, 4.69) is 12.2 Å². The Hall–Kier alpha value is -0.610. The zero-order valence-electron chi connectivity index (χ0n) is 10.3. The van der Waals surface area contributed by atoms with Crippen molar-refractivity contribution >= 4 is 5.91 Å². The topological polar surface area (TPSA) is 41.6 Å². The lowest BCUT2D eigenvalue weighted by atomic mass is 9.68. The van der Waals surface area contributed by atoms with E-state index in [0.29, 0.717) is 18.6 Å². The van der Waals surface area contributed by atoms with E-state index < -0.39 is 0 Å². The Bertz CT molecular complexity index is 264. The van der Waals surface area contributed by atoms with Gasteiger partial charge >= 0.3 is 0 Å². The molecule has 16 heavy (non-hydrogen) atoms. The molecule has 1 amide bonds. The molecular formula is C12H22N2O2. The molecule has 4 nitrogen and oxygen atoms in total. The minimum Gasteiger partial charge on any atom is -0.384 e. The second-order valence-corrected chi connectivity index (χ2v) is 5.12. The van der Waals surface area contributed by atoms with Gasteiger partial charge in [0.25, 0.3) is 0 Å². The number of hydrogen-bond acceptors (Lipinski definition) is 3. The van der Waals surface area contributed by atoms with Crippen LogP contribution in [0.15, 0.2) is 0 Å². The molecule has 0 radical (unpaired) electrons. The number of carbonyl (C=O) groups is 1. The van der Waals surface area contributed by atoms with Crippen LogP contribution in [0.2, 0.25) is 0 Å². The van der Waals surface area contributed by atoms with Crippen LogP contribution in [-0.2, 0) is 9.53 Å². The number of carbonyl (C=O) groups excluding carboxylic acids is 1. The fourth-order valence-corrected chi connectivity index (χ4v) is 2.75. The van der Waals surface area contributed by atoms with Crippen LogP contribution in [0.3, 0.4) is 0 Å². The summed E-state index contributed by atoms with van der Waals surface area (Å²) in [6.45, 7) is 5.37. The summed E-state index contributed by atoms with van der Waals surface area (Å²) in [6, 6.07) is 0.315. The molecular weight excluding hydrogens is 204 g/mol. The van der Waals surface area contributed by atoms with Crippen molar-refractivity contribution in [2.45, 2.75) is 32.2 Å². The molecule has 1 saturated heterocycles. The van der Waals surface area contributed by atoms with Gasteiger partial charge in [0, 0.05) is 32.8 Å². The first kappa shape index (κ1) is 11.9. The van der Waals surface area contributed by atoms with Gasteiger partial charge in [-0.25, -0.2) is 0 Å². The van der Waals surface area contributed by atoms with Crippen molar-refractivity contribution in [3.05, 3.63) is 0 Å². The van der Waals surface area contributed by atoms with E-state index in [1.54, 1.807) is 7.11 Å². The van der Waals surface area contributed by atoms with Crippen LogP contribution in [0, 0.1) is 5.41 Å². The maximum Gasteiger partial charge on any atom is 0.231 e. The van der Waals surface area contributed by atoms with Crippen LogP contribution in [0.5, 0.6) is 0 Å². The van der Waals surface area contributed by atoms with E-state index >= 15 is 0 Å². The fraction of sp³-hybridized carbons (Fsp3) is 0.917. The number of piperazine rings is 1. The second kappa shape index (κ2) is 4.72. The van der Waals surface area contributed by atoms with E-state index in [1.165, 1.54) is 0 Å². The Balaban J connectivity index is 2.04. The van der Waals surface area contributed by atoms with Gasteiger partial charge in [0.15, 0.2) is 0 Å². The number of nitrogens with one attached hydrogen (secondary N) is 1. The molecule has 1 aliphatic heterocycles. The summed E-state index contributed by atoms with van der Waals surface area (Å²) in [5.74, 6) is 0.314. The predicted molar refractivity (Wildman–Crippen MR) is 62.2 cm³/mol. The SMILES string of the molecule is COCC1(C(=O)N2CCNC[C@@H]2C)CCC1. The molecule has 2 fully saturated rings. The number of hydrogen-bond donors (Lipinski definition) is 1. The highest BCUT2D eigenvalue weighted by Gasteiger charge is 2.47. The van der Waals surface area contributed by atoms with Crippen molar-refractivity contribution in [1.82, 2.24) is 10.2 Å². The Morgan fingerprint density at radius 2 is 2.31 bits per heavy atom. The van der Waals surface area contributed by atoms with Crippen LogP contribution in [0.25, 0.3) is 0 Å². The van der Waals surface area contributed by atoms with Gasteiger partial charge in [0.2, 0.25) is 5.91 Å². The zero-order valence-corrected chi connectivity index (χ0v) is 10.3. The van der Waals surface area contributed by atoms with Crippen molar-refractivity contribution in [1.29, 1.82) is 0 Å². The van der Waals surface area contributed by atoms with Gasteiger partial charge in [0.1, 0.15) is 0 Å². The number of rotatable bonds is 3. The summed E-state index contributed by atoms with van der Waals surface area (Å²) in [5, 5.41) is 3.31. The number of ether oxygens (including phenoxy) is 1. The van der Waals surface area contributed by atoms with E-state index in [-0.39, 0.29) is 5.41 Å². The Labute approximate surface area is 97.3 Å². The summed E-state index contributed by atoms with van der Waals surface area (Å²) >= 11 is 0. The summed E-state index contributed by atoms with van der Waals surface area (Å²) in [5.41, 5.74) is -0.194. The van der Waals surface area contributed by atoms with Gasteiger partial charge in [-0.15, -0.1) is 0 Å². The van der Waals surface area contributed by atoms with Gasteiger partial charge in [-0.05, 0) is 19.8 Å². The lowest BCUT2D eigenvalue weighted by Gasteiger charge is -2.46. The van der Waals surface area contributed by atoms with Gasteiger partial charge in [-0.1, -0.05) is 6.42 Å². The molecule has 92 valence electrons. The lowest BCUT2D eigenvalue weighted by Crippen LogP contribution is -2.59. The summed E-state index contributed by atoms with van der Waals surface area (Å²) in [7, 11) is 1.69. The zero-order chi connectivity index (χ0) is 11.6. The van der Waals surface area contributed by atoms with E-state index in [0.717, 1.165) is 38.9 Å². The second-order valence-electron chi connectivity index (χ2n) is 5.12. The quantitative estimate of drug-likeness (QED) is 0.767. The normalized spacial score (nSPS) is 28.6. The Morgan fingerprint density at radius 1 is 1.56 bits per heavy atom. The monoisotopic (exact) mass is 226 g/mol. The minimum atomic E-state index is -0.194. The summed E-state index contributed by atoms with van der Waals surface area (Å²) in [6.07, 6.45) is 3.15. The average Bonchev–Trinajstić information content (AvgIpc) is 2.23. The van der Waals surface area contributed by atoms with Crippen LogP contribution < -0.4 is 5.32 Å². The number of amides is 1. The van der Waals surface area contributed by atoms with Crippen LogP contribution >= 0.6 is 0 Å². The summed E-state index contributed by atoms with van der Waals surface area (Å²) in [4.78, 5) is 14.6. The van der Waals surface area contributed by atoms with Crippen molar-refractivity contribution < 1.29 is 9.53 Å². The number of nitrogens with zero attached hydrogens (tertiary/aromatic N) is 1. The third kappa shape index (κ3) is 1.96. The molecule has 0 spiro atoms. The van der Waals surface area contributed by atoms with Crippen molar-refractivity contribution in [2.24, 2.45) is 5.41 Å². The molecule has 1 N–H and O–H groups in total. The highest BCUT2D eigenvalue weighted by Crippen LogP contribution is 2.43. The molecule has 0 aromatic heterocycles. The Morgan fingerprint density at radius 3 is 2.81 bits per heavy atom. The molecule has 1 heterocycles. The van der Waals surface area contributed by atoms with Crippen molar-refractivity contribution in [3.63, 3.8) is 0 Å². The van der Waals surface area contributed by atoms with Gasteiger partial charge < -0.3 is 15.0 Å². The first-order valence-corrected chi connectivity index (χ1v) is 6.20. The fourth-order valence-electron chi connectivity index (χ4n) is 2.75. The Kier molecular flexibility index (Phi) is 3.50. The third-order valence-corrected chi connectivity index (χ3v) is 3.95. The van der Waals surface area contributed by atoms with E-state index in [1.807, 2.05) is 4.90 Å². The van der Waals surface area contributed by atoms with Crippen molar-refractivity contribution in [2.75, 3.05) is 33.4 Å². The lowest BCUT2D eigenvalue weighted by molar-refractivity contribution is -0.155. The first-order chi connectivity index (χ1) is 7.69. The van der Waals surface area contributed by atoms with Crippen molar-refractivity contribution in [3.8, 4) is 0 Å².